The molecule has 1 saturated heterocycles. The van der Waals surface area contributed by atoms with E-state index in [2.05, 4.69) is 43.1 Å². The predicted molar refractivity (Wildman–Crippen MR) is 75.5 cm³/mol. The number of hydrogen-bond acceptors (Lipinski definition) is 3. The van der Waals surface area contributed by atoms with Gasteiger partial charge in [0.2, 0.25) is 0 Å². The summed E-state index contributed by atoms with van der Waals surface area (Å²) in [4.78, 5) is 4.87. The normalized spacial score (nSPS) is 19.4. The minimum Gasteiger partial charge on any atom is -0.314 e. The second kappa shape index (κ2) is 8.06. The lowest BCUT2D eigenvalue weighted by Gasteiger charge is -2.33. The first-order valence-corrected chi connectivity index (χ1v) is 7.18. The molecule has 0 aromatic heterocycles. The van der Waals surface area contributed by atoms with Crippen LogP contribution in [0.25, 0.3) is 0 Å². The molecular formula is C14H31N3. The summed E-state index contributed by atoms with van der Waals surface area (Å²) in [5.74, 6) is 0.805. The van der Waals surface area contributed by atoms with Crippen LogP contribution >= 0.6 is 0 Å². The lowest BCUT2D eigenvalue weighted by atomic mass is 10.0. The molecule has 1 aliphatic heterocycles. The molecule has 0 unspecified atom stereocenters. The van der Waals surface area contributed by atoms with Crippen molar-refractivity contribution in [3.05, 3.63) is 0 Å². The summed E-state index contributed by atoms with van der Waals surface area (Å²) < 4.78 is 0. The maximum Gasteiger partial charge on any atom is 0.00914 e. The van der Waals surface area contributed by atoms with Gasteiger partial charge in [0.1, 0.15) is 0 Å². The first-order chi connectivity index (χ1) is 8.08. The minimum atomic E-state index is 0.764. The van der Waals surface area contributed by atoms with Crippen molar-refractivity contribution in [2.75, 3.05) is 46.8 Å². The molecule has 0 amide bonds. The Hall–Kier alpha value is -0.120. The highest BCUT2D eigenvalue weighted by Crippen LogP contribution is 2.11. The van der Waals surface area contributed by atoms with Crippen LogP contribution in [0.1, 0.15) is 33.1 Å². The van der Waals surface area contributed by atoms with Crippen LogP contribution in [0.2, 0.25) is 0 Å². The van der Waals surface area contributed by atoms with Gasteiger partial charge < -0.3 is 15.1 Å². The molecule has 0 saturated carbocycles. The van der Waals surface area contributed by atoms with Gasteiger partial charge in [0.05, 0.1) is 0 Å². The van der Waals surface area contributed by atoms with Crippen molar-refractivity contribution in [2.24, 2.45) is 5.92 Å². The highest BCUT2D eigenvalue weighted by Gasteiger charge is 2.18. The van der Waals surface area contributed by atoms with Crippen molar-refractivity contribution in [1.29, 1.82) is 0 Å². The second-order valence-corrected chi connectivity index (χ2v) is 6.08. The molecule has 1 rings (SSSR count). The topological polar surface area (TPSA) is 18.5 Å². The fraction of sp³-hybridized carbons (Fsp3) is 1.00. The lowest BCUT2D eigenvalue weighted by molar-refractivity contribution is 0.179. The zero-order chi connectivity index (χ0) is 12.7. The van der Waals surface area contributed by atoms with Crippen LogP contribution in [0, 0.1) is 5.92 Å². The van der Waals surface area contributed by atoms with Gasteiger partial charge in [-0.2, -0.15) is 0 Å². The molecule has 102 valence electrons. The van der Waals surface area contributed by atoms with Crippen molar-refractivity contribution in [2.45, 2.75) is 39.2 Å². The number of likely N-dealkylation sites (tertiary alicyclic amines) is 1. The van der Waals surface area contributed by atoms with E-state index in [1.807, 2.05) is 0 Å². The third-order valence-corrected chi connectivity index (χ3v) is 3.43. The Morgan fingerprint density at radius 2 is 1.88 bits per heavy atom. The summed E-state index contributed by atoms with van der Waals surface area (Å²) in [6, 6.07) is 0.764. The SMILES string of the molecule is CC(C)CN1CCC(NCCCN(C)C)CC1. The molecule has 3 heteroatoms. The number of nitrogens with zero attached hydrogens (tertiary/aromatic N) is 2. The highest BCUT2D eigenvalue weighted by atomic mass is 15.1. The van der Waals surface area contributed by atoms with E-state index in [1.54, 1.807) is 0 Å². The zero-order valence-corrected chi connectivity index (χ0v) is 12.2. The molecule has 17 heavy (non-hydrogen) atoms. The van der Waals surface area contributed by atoms with Crippen molar-refractivity contribution in [3.63, 3.8) is 0 Å². The molecule has 1 N–H and O–H groups in total. The second-order valence-electron chi connectivity index (χ2n) is 6.08. The van der Waals surface area contributed by atoms with E-state index in [1.165, 1.54) is 52.0 Å². The third kappa shape index (κ3) is 7.02. The quantitative estimate of drug-likeness (QED) is 0.684. The van der Waals surface area contributed by atoms with E-state index in [-0.39, 0.29) is 0 Å². The van der Waals surface area contributed by atoms with Crippen LogP contribution in [-0.2, 0) is 0 Å². The predicted octanol–water partition coefficient (Wildman–Crippen LogP) is 1.65. The first kappa shape index (κ1) is 14.9. The Kier molecular flexibility index (Phi) is 7.09. The number of nitrogens with one attached hydrogen (secondary N) is 1. The molecule has 1 aliphatic rings. The van der Waals surface area contributed by atoms with E-state index in [0.29, 0.717) is 0 Å². The van der Waals surface area contributed by atoms with Crippen molar-refractivity contribution in [3.8, 4) is 0 Å². The summed E-state index contributed by atoms with van der Waals surface area (Å²) in [7, 11) is 4.29. The molecule has 3 nitrogen and oxygen atoms in total. The monoisotopic (exact) mass is 241 g/mol. The summed E-state index contributed by atoms with van der Waals surface area (Å²) >= 11 is 0. The average molecular weight is 241 g/mol. The lowest BCUT2D eigenvalue weighted by Crippen LogP contribution is -2.44. The van der Waals surface area contributed by atoms with Crippen LogP contribution in [0.3, 0.4) is 0 Å². The molecular weight excluding hydrogens is 210 g/mol. The molecule has 1 heterocycles. The van der Waals surface area contributed by atoms with Gasteiger partial charge >= 0.3 is 0 Å². The van der Waals surface area contributed by atoms with Gasteiger partial charge in [-0.1, -0.05) is 13.8 Å². The van der Waals surface area contributed by atoms with Gasteiger partial charge in [-0.15, -0.1) is 0 Å². The Morgan fingerprint density at radius 1 is 1.24 bits per heavy atom. The maximum absolute atomic E-state index is 3.70. The minimum absolute atomic E-state index is 0.764. The molecule has 0 aromatic carbocycles. The molecule has 1 fully saturated rings. The van der Waals surface area contributed by atoms with Crippen molar-refractivity contribution >= 4 is 0 Å². The molecule has 0 atom stereocenters. The molecule has 0 bridgehead atoms. The number of hydrogen-bond donors (Lipinski definition) is 1. The maximum atomic E-state index is 3.70. The molecule has 0 aromatic rings. The Balaban J connectivity index is 2.03. The van der Waals surface area contributed by atoms with Gasteiger partial charge in [-0.05, 0) is 65.5 Å². The van der Waals surface area contributed by atoms with Crippen LogP contribution < -0.4 is 5.32 Å². The fourth-order valence-electron chi connectivity index (χ4n) is 2.54. The number of piperidine rings is 1. The summed E-state index contributed by atoms with van der Waals surface area (Å²) in [5.41, 5.74) is 0. The summed E-state index contributed by atoms with van der Waals surface area (Å²) in [5, 5.41) is 3.70. The van der Waals surface area contributed by atoms with E-state index >= 15 is 0 Å². The molecule has 0 radical (unpaired) electrons. The zero-order valence-electron chi connectivity index (χ0n) is 12.2. The Bertz CT molecular complexity index is 181. The van der Waals surface area contributed by atoms with E-state index in [0.717, 1.165) is 12.0 Å². The van der Waals surface area contributed by atoms with Gasteiger partial charge in [-0.3, -0.25) is 0 Å². The summed E-state index contributed by atoms with van der Waals surface area (Å²) in [6.07, 6.45) is 3.92. The number of rotatable bonds is 7. The largest absolute Gasteiger partial charge is 0.314 e. The van der Waals surface area contributed by atoms with Crippen LogP contribution in [0.15, 0.2) is 0 Å². The van der Waals surface area contributed by atoms with E-state index in [4.69, 9.17) is 0 Å². The first-order valence-electron chi connectivity index (χ1n) is 7.18. The van der Waals surface area contributed by atoms with Crippen LogP contribution in [-0.4, -0.2) is 62.7 Å². The smallest absolute Gasteiger partial charge is 0.00914 e. The van der Waals surface area contributed by atoms with E-state index < -0.39 is 0 Å². The fourth-order valence-corrected chi connectivity index (χ4v) is 2.54. The van der Waals surface area contributed by atoms with Gasteiger partial charge in [0, 0.05) is 12.6 Å². The van der Waals surface area contributed by atoms with Crippen molar-refractivity contribution in [1.82, 2.24) is 15.1 Å². The standard InChI is InChI=1S/C14H31N3/c1-13(2)12-17-10-6-14(7-11-17)15-8-5-9-16(3)4/h13-15H,5-12H2,1-4H3. The van der Waals surface area contributed by atoms with Gasteiger partial charge in [0.15, 0.2) is 0 Å². The Labute approximate surface area is 108 Å². The highest BCUT2D eigenvalue weighted by molar-refractivity contribution is 4.77. The van der Waals surface area contributed by atoms with Gasteiger partial charge in [0.25, 0.3) is 0 Å². The average Bonchev–Trinajstić information content (AvgIpc) is 2.25. The molecule has 0 spiro atoms. The van der Waals surface area contributed by atoms with Crippen LogP contribution in [0.4, 0.5) is 0 Å². The molecule has 0 aliphatic carbocycles. The van der Waals surface area contributed by atoms with Crippen molar-refractivity contribution < 1.29 is 0 Å². The third-order valence-electron chi connectivity index (χ3n) is 3.43. The van der Waals surface area contributed by atoms with Gasteiger partial charge in [-0.25, -0.2) is 0 Å². The van der Waals surface area contributed by atoms with Crippen LogP contribution in [0.5, 0.6) is 0 Å². The van der Waals surface area contributed by atoms with E-state index in [9.17, 15) is 0 Å². The summed E-state index contributed by atoms with van der Waals surface area (Å²) in [6.45, 7) is 10.8. The Morgan fingerprint density at radius 3 is 2.41 bits per heavy atom.